The lowest BCUT2D eigenvalue weighted by atomic mass is 9.95. The summed E-state index contributed by atoms with van der Waals surface area (Å²) in [5.74, 6) is -5.85. The average Bonchev–Trinajstić information content (AvgIpc) is 2.85. The van der Waals surface area contributed by atoms with Crippen molar-refractivity contribution in [2.24, 2.45) is 0 Å². The first-order valence-electron chi connectivity index (χ1n) is 6.35. The fraction of sp³-hybridized carbons (Fsp3) is 0.200. The minimum Gasteiger partial charge on any atom is -0.386 e. The van der Waals surface area contributed by atoms with Gasteiger partial charge in [-0.05, 0) is 13.8 Å². The van der Waals surface area contributed by atoms with Gasteiger partial charge in [0.05, 0.1) is 11.1 Å². The number of carbonyl (C=O) groups excluding carboxylic acids is 6. The molecule has 0 aromatic heterocycles. The summed E-state index contributed by atoms with van der Waals surface area (Å²) >= 11 is 0. The summed E-state index contributed by atoms with van der Waals surface area (Å²) in [7, 11) is 0. The van der Waals surface area contributed by atoms with Crippen LogP contribution in [0.1, 0.15) is 20.3 Å². The van der Waals surface area contributed by atoms with Crippen LogP contribution in [0.25, 0.3) is 0 Å². The molecule has 0 spiro atoms. The second kappa shape index (κ2) is 5.56. The lowest BCUT2D eigenvalue weighted by Crippen LogP contribution is -2.17. The van der Waals surface area contributed by atoms with Gasteiger partial charge in [0.1, 0.15) is 11.1 Å². The number of allylic oxidation sites excluding steroid dienone is 1. The number of Topliss-reactive ketones (excluding diaryl/α,β-unsaturated/α-hetero) is 2. The molecule has 0 aliphatic carbocycles. The summed E-state index contributed by atoms with van der Waals surface area (Å²) in [5.41, 5.74) is -1.61. The lowest BCUT2D eigenvalue weighted by molar-refractivity contribution is -0.153. The van der Waals surface area contributed by atoms with Gasteiger partial charge in [0, 0.05) is 12.0 Å². The zero-order valence-electron chi connectivity index (χ0n) is 12.2. The molecule has 0 fully saturated rings. The molecule has 2 aliphatic rings. The van der Waals surface area contributed by atoms with Gasteiger partial charge >= 0.3 is 23.9 Å². The van der Waals surface area contributed by atoms with E-state index < -0.39 is 53.0 Å². The minimum atomic E-state index is -1.11. The van der Waals surface area contributed by atoms with Crippen molar-refractivity contribution in [2.45, 2.75) is 20.3 Å². The Morgan fingerprint density at radius 2 is 1.26 bits per heavy atom. The van der Waals surface area contributed by atoms with Crippen LogP contribution in [-0.2, 0) is 38.2 Å². The first kappa shape index (κ1) is 16.2. The highest BCUT2D eigenvalue weighted by Gasteiger charge is 2.38. The Bertz CT molecular complexity index is 790. The molecular formula is C15H10O8. The SMILES string of the molecule is C=C(CC(=O)C1=C(C)C(=O)OC1=O)C(=O)C1=C(C)C(=O)OC1=O. The van der Waals surface area contributed by atoms with Gasteiger partial charge in [0.2, 0.25) is 0 Å². The number of rotatable bonds is 5. The van der Waals surface area contributed by atoms with Gasteiger partial charge in [-0.25, -0.2) is 19.2 Å². The summed E-state index contributed by atoms with van der Waals surface area (Å²) in [6.45, 7) is 5.86. The van der Waals surface area contributed by atoms with Crippen molar-refractivity contribution in [2.75, 3.05) is 0 Å². The molecule has 8 nitrogen and oxygen atoms in total. The van der Waals surface area contributed by atoms with Crippen LogP contribution in [0.2, 0.25) is 0 Å². The predicted molar refractivity (Wildman–Crippen MR) is 71.4 cm³/mol. The van der Waals surface area contributed by atoms with E-state index in [0.29, 0.717) is 0 Å². The van der Waals surface area contributed by atoms with Crippen LogP contribution < -0.4 is 0 Å². The number of cyclic esters (lactones) is 4. The van der Waals surface area contributed by atoms with Gasteiger partial charge in [-0.3, -0.25) is 9.59 Å². The quantitative estimate of drug-likeness (QED) is 0.297. The van der Waals surface area contributed by atoms with Gasteiger partial charge in [-0.15, -0.1) is 0 Å². The summed E-state index contributed by atoms with van der Waals surface area (Å²) < 4.78 is 8.57. The normalized spacial score (nSPS) is 17.7. The van der Waals surface area contributed by atoms with Crippen molar-refractivity contribution in [3.05, 3.63) is 34.4 Å². The van der Waals surface area contributed by atoms with Crippen molar-refractivity contribution in [3.63, 3.8) is 0 Å². The van der Waals surface area contributed by atoms with E-state index >= 15 is 0 Å². The topological polar surface area (TPSA) is 121 Å². The predicted octanol–water partition coefficient (Wildman–Crippen LogP) is -0.129. The van der Waals surface area contributed by atoms with E-state index in [1.165, 1.54) is 13.8 Å². The summed E-state index contributed by atoms with van der Waals surface area (Å²) in [5, 5.41) is 0. The Morgan fingerprint density at radius 3 is 1.65 bits per heavy atom. The molecule has 23 heavy (non-hydrogen) atoms. The molecule has 2 aliphatic heterocycles. The molecule has 8 heteroatoms. The Morgan fingerprint density at radius 1 is 0.826 bits per heavy atom. The number of esters is 4. The highest BCUT2D eigenvalue weighted by Crippen LogP contribution is 2.24. The van der Waals surface area contributed by atoms with Gasteiger partial charge in [-0.2, -0.15) is 0 Å². The van der Waals surface area contributed by atoms with Crippen molar-refractivity contribution in [3.8, 4) is 0 Å². The van der Waals surface area contributed by atoms with Gasteiger partial charge < -0.3 is 9.47 Å². The zero-order valence-corrected chi connectivity index (χ0v) is 12.2. The molecule has 0 unspecified atom stereocenters. The van der Waals surface area contributed by atoms with E-state index in [-0.39, 0.29) is 16.7 Å². The third-order valence-electron chi connectivity index (χ3n) is 3.34. The molecule has 0 amide bonds. The van der Waals surface area contributed by atoms with Crippen molar-refractivity contribution < 1.29 is 38.2 Å². The zero-order chi connectivity index (χ0) is 17.5. The highest BCUT2D eigenvalue weighted by molar-refractivity contribution is 6.34. The lowest BCUT2D eigenvalue weighted by Gasteiger charge is -2.04. The smallest absolute Gasteiger partial charge is 0.350 e. The first-order valence-corrected chi connectivity index (χ1v) is 6.35. The molecule has 0 radical (unpaired) electrons. The second-order valence-electron chi connectivity index (χ2n) is 4.89. The Labute approximate surface area is 129 Å². The van der Waals surface area contributed by atoms with E-state index in [2.05, 4.69) is 16.1 Å². The number of carbonyl (C=O) groups is 6. The number of ether oxygens (including phenoxy) is 2. The standard InChI is InChI=1S/C15H10O8/c1-5(11(17)10-7(3)13(19)23-15(10)21)4-8(16)9-6(2)12(18)22-14(9)20/h1,4H2,2-3H3. The van der Waals surface area contributed by atoms with Crippen LogP contribution in [0, 0.1) is 0 Å². The minimum absolute atomic E-state index is 0.161. The average molecular weight is 318 g/mol. The Kier molecular flexibility index (Phi) is 3.92. The Balaban J connectivity index is 2.20. The van der Waals surface area contributed by atoms with Crippen LogP contribution >= 0.6 is 0 Å². The third kappa shape index (κ3) is 2.66. The summed E-state index contributed by atoms with van der Waals surface area (Å²) in [6.07, 6.45) is -0.605. The molecule has 2 rings (SSSR count). The molecule has 118 valence electrons. The molecule has 0 saturated carbocycles. The molecule has 0 bridgehead atoms. The van der Waals surface area contributed by atoms with E-state index in [4.69, 9.17) is 0 Å². The van der Waals surface area contributed by atoms with Crippen LogP contribution in [-0.4, -0.2) is 35.4 Å². The molecule has 0 atom stereocenters. The van der Waals surface area contributed by atoms with E-state index in [1.54, 1.807) is 0 Å². The molecule has 0 aromatic rings. The van der Waals surface area contributed by atoms with Gasteiger partial charge in [-0.1, -0.05) is 6.58 Å². The van der Waals surface area contributed by atoms with Crippen LogP contribution in [0.4, 0.5) is 0 Å². The van der Waals surface area contributed by atoms with Gasteiger partial charge in [0.25, 0.3) is 0 Å². The molecule has 0 N–H and O–H groups in total. The van der Waals surface area contributed by atoms with Crippen LogP contribution in [0.3, 0.4) is 0 Å². The fourth-order valence-electron chi connectivity index (χ4n) is 2.06. The molecular weight excluding hydrogens is 308 g/mol. The number of ketones is 2. The highest BCUT2D eigenvalue weighted by atomic mass is 16.6. The van der Waals surface area contributed by atoms with Gasteiger partial charge in [0.15, 0.2) is 11.6 Å². The van der Waals surface area contributed by atoms with Crippen LogP contribution in [0.15, 0.2) is 34.4 Å². The Hall–Kier alpha value is -3.16. The number of hydrogen-bond acceptors (Lipinski definition) is 8. The van der Waals surface area contributed by atoms with E-state index in [0.717, 1.165) is 0 Å². The van der Waals surface area contributed by atoms with Crippen molar-refractivity contribution in [1.29, 1.82) is 0 Å². The van der Waals surface area contributed by atoms with Crippen molar-refractivity contribution >= 4 is 35.4 Å². The summed E-state index contributed by atoms with van der Waals surface area (Å²) in [4.78, 5) is 69.5. The largest absolute Gasteiger partial charge is 0.386 e. The maximum atomic E-state index is 12.1. The van der Waals surface area contributed by atoms with E-state index in [9.17, 15) is 28.8 Å². The maximum Gasteiger partial charge on any atom is 0.350 e. The molecule has 2 heterocycles. The fourth-order valence-corrected chi connectivity index (χ4v) is 2.06. The molecule has 0 aromatic carbocycles. The molecule has 0 saturated heterocycles. The summed E-state index contributed by atoms with van der Waals surface area (Å²) in [6, 6.07) is 0. The second-order valence-corrected chi connectivity index (χ2v) is 4.89. The van der Waals surface area contributed by atoms with Crippen LogP contribution in [0.5, 0.6) is 0 Å². The first-order chi connectivity index (χ1) is 10.6. The maximum absolute atomic E-state index is 12.1. The monoisotopic (exact) mass is 318 g/mol. The third-order valence-corrected chi connectivity index (χ3v) is 3.34. The number of hydrogen-bond donors (Lipinski definition) is 0. The van der Waals surface area contributed by atoms with E-state index in [1.807, 2.05) is 0 Å². The van der Waals surface area contributed by atoms with Crippen molar-refractivity contribution in [1.82, 2.24) is 0 Å².